The van der Waals surface area contributed by atoms with Gasteiger partial charge in [0.05, 0.1) is 23.6 Å². The molecule has 2 N–H and O–H groups in total. The molecule has 2 aromatic rings. The van der Waals surface area contributed by atoms with Crippen molar-refractivity contribution in [2.24, 2.45) is 11.3 Å². The van der Waals surface area contributed by atoms with Crippen molar-refractivity contribution < 1.29 is 23.1 Å². The third-order valence-electron chi connectivity index (χ3n) is 10.1. The van der Waals surface area contributed by atoms with Crippen LogP contribution in [-0.2, 0) is 21.9 Å². The third-order valence-corrected chi connectivity index (χ3v) is 12.1. The summed E-state index contributed by atoms with van der Waals surface area (Å²) in [5.41, 5.74) is 2.89. The Hall–Kier alpha value is -2.81. The molecule has 0 bridgehead atoms. The summed E-state index contributed by atoms with van der Waals surface area (Å²) in [4.78, 5) is 15.6. The maximum absolute atomic E-state index is 13.3. The number of allylic oxidation sites excluding steroid dienone is 1. The minimum absolute atomic E-state index is 0.195. The monoisotopic (exact) mass is 626 g/mol. The van der Waals surface area contributed by atoms with E-state index in [9.17, 15) is 18.3 Å². The number of benzene rings is 2. The van der Waals surface area contributed by atoms with E-state index in [4.69, 9.17) is 16.3 Å². The van der Waals surface area contributed by atoms with Crippen LogP contribution in [0.1, 0.15) is 73.9 Å². The molecule has 2 aromatic carbocycles. The van der Waals surface area contributed by atoms with Crippen LogP contribution in [0.2, 0.25) is 5.02 Å². The van der Waals surface area contributed by atoms with Gasteiger partial charge in [0, 0.05) is 34.5 Å². The van der Waals surface area contributed by atoms with E-state index in [-0.39, 0.29) is 22.3 Å². The van der Waals surface area contributed by atoms with E-state index in [2.05, 4.69) is 41.8 Å². The Morgan fingerprint density at radius 3 is 2.74 bits per heavy atom. The summed E-state index contributed by atoms with van der Waals surface area (Å²) in [5, 5.41) is 10.8. The topological polar surface area (TPSA) is 95.9 Å². The number of sulfonamides is 1. The summed E-state index contributed by atoms with van der Waals surface area (Å²) in [6.07, 6.45) is 8.36. The number of aliphatic hydroxyl groups excluding tert-OH is 1. The number of ether oxygens (including phenoxy) is 1. The number of carbonyl (C=O) groups is 1. The number of anilines is 1. The van der Waals surface area contributed by atoms with Crippen molar-refractivity contribution in [3.63, 3.8) is 0 Å². The van der Waals surface area contributed by atoms with Crippen molar-refractivity contribution in [3.05, 3.63) is 83.4 Å². The highest BCUT2D eigenvalue weighted by Crippen LogP contribution is 2.52. The molecule has 2 aliphatic carbocycles. The molecular weight excluding hydrogens is 584 g/mol. The van der Waals surface area contributed by atoms with Crippen LogP contribution in [-0.4, -0.2) is 50.5 Å². The zero-order chi connectivity index (χ0) is 31.0. The Kier molecular flexibility index (Phi) is 9.04. The molecule has 9 heteroatoms. The van der Waals surface area contributed by atoms with Gasteiger partial charge in [0.2, 0.25) is 10.0 Å². The van der Waals surface area contributed by atoms with Gasteiger partial charge in [-0.25, -0.2) is 13.1 Å². The number of rotatable bonds is 10. The summed E-state index contributed by atoms with van der Waals surface area (Å²) < 4.78 is 34.6. The number of hydrogen-bond donors (Lipinski definition) is 2. The van der Waals surface area contributed by atoms with Crippen molar-refractivity contribution in [2.45, 2.75) is 75.6 Å². The average Bonchev–Trinajstić information content (AvgIpc) is 3.13. The van der Waals surface area contributed by atoms with Gasteiger partial charge in [0.1, 0.15) is 5.75 Å². The van der Waals surface area contributed by atoms with Gasteiger partial charge < -0.3 is 14.7 Å². The number of hydrogen-bond acceptors (Lipinski definition) is 6. The van der Waals surface area contributed by atoms with Gasteiger partial charge in [0.25, 0.3) is 5.91 Å². The van der Waals surface area contributed by atoms with Crippen LogP contribution >= 0.6 is 11.6 Å². The molecule has 0 unspecified atom stereocenters. The maximum Gasteiger partial charge on any atom is 0.264 e. The Morgan fingerprint density at radius 1 is 1.26 bits per heavy atom. The summed E-state index contributed by atoms with van der Waals surface area (Å²) in [6.45, 7) is 13.0. The van der Waals surface area contributed by atoms with Crippen LogP contribution in [0.4, 0.5) is 5.69 Å². The molecule has 0 radical (unpaired) electrons. The molecule has 5 atom stereocenters. The van der Waals surface area contributed by atoms with Gasteiger partial charge in [-0.1, -0.05) is 36.7 Å². The van der Waals surface area contributed by atoms with Crippen molar-refractivity contribution in [1.82, 2.24) is 4.72 Å². The number of nitrogens with zero attached hydrogens (tertiary/aromatic N) is 1. The second-order valence-electron chi connectivity index (χ2n) is 12.9. The SMILES string of the molecule is C=CCC[C@@H](C)S(=O)(=O)NC(=O)c1ccc2c(c1)N(C[C@H]1CC[C@]1(C)[C@@H](O)C=C)C[C@@]1(CCCc3cc(Cl)ccc31)CO2. The fourth-order valence-corrected chi connectivity index (χ4v) is 8.30. The van der Waals surface area contributed by atoms with E-state index < -0.39 is 27.3 Å². The van der Waals surface area contributed by atoms with E-state index in [0.717, 1.165) is 42.8 Å². The van der Waals surface area contributed by atoms with Crippen molar-refractivity contribution in [3.8, 4) is 5.75 Å². The lowest BCUT2D eigenvalue weighted by Gasteiger charge is -2.52. The molecule has 0 aromatic heterocycles. The third kappa shape index (κ3) is 6.11. The molecule has 1 aliphatic heterocycles. The standard InChI is InChI=1S/C34H43ClN2O5S/c1-5-7-9-23(3)43(40,41)36-32(39)25-11-14-30-29(19-25)37(20-26-15-17-33(26,4)31(38)6-2)21-34(22-42-30)16-8-10-24-18-27(35)12-13-28(24)34/h5-6,11-14,18-19,23,26,31,38H,1-2,7-10,15-17,20-22H2,3-4H3,(H,36,39)/t23-,26-,31+,33+,34+/m1/s1. The lowest BCUT2D eigenvalue weighted by Crippen LogP contribution is -2.53. The van der Waals surface area contributed by atoms with Gasteiger partial charge in [-0.3, -0.25) is 4.79 Å². The van der Waals surface area contributed by atoms with Crippen molar-refractivity contribution >= 4 is 33.2 Å². The fraction of sp³-hybridized carbons (Fsp3) is 0.500. The van der Waals surface area contributed by atoms with Gasteiger partial charge in [-0.15, -0.1) is 13.2 Å². The minimum Gasteiger partial charge on any atom is -0.490 e. The predicted molar refractivity (Wildman–Crippen MR) is 173 cm³/mol. The molecular formula is C34H43ClN2O5S. The average molecular weight is 627 g/mol. The summed E-state index contributed by atoms with van der Waals surface area (Å²) >= 11 is 6.39. The number of amides is 1. The van der Waals surface area contributed by atoms with Crippen LogP contribution in [0, 0.1) is 11.3 Å². The largest absolute Gasteiger partial charge is 0.490 e. The Balaban J connectivity index is 1.51. The van der Waals surface area contributed by atoms with E-state index in [1.165, 1.54) is 11.1 Å². The van der Waals surface area contributed by atoms with Gasteiger partial charge in [0.15, 0.2) is 0 Å². The number of halogens is 1. The number of nitrogens with one attached hydrogen (secondary N) is 1. The molecule has 1 fully saturated rings. The van der Waals surface area contributed by atoms with E-state index in [1.807, 2.05) is 6.07 Å². The van der Waals surface area contributed by atoms with Crippen LogP contribution < -0.4 is 14.4 Å². The fourth-order valence-electron chi connectivity index (χ4n) is 7.08. The van der Waals surface area contributed by atoms with Crippen molar-refractivity contribution in [1.29, 1.82) is 0 Å². The molecule has 1 amide bonds. The zero-order valence-corrected chi connectivity index (χ0v) is 26.7. The predicted octanol–water partition coefficient (Wildman–Crippen LogP) is 6.19. The smallest absolute Gasteiger partial charge is 0.264 e. The number of aryl methyl sites for hydroxylation is 1. The van der Waals surface area contributed by atoms with Crippen LogP contribution in [0.3, 0.4) is 0 Å². The lowest BCUT2D eigenvalue weighted by molar-refractivity contribution is -0.0466. The molecule has 232 valence electrons. The van der Waals surface area contributed by atoms with Gasteiger partial charge in [-0.2, -0.15) is 0 Å². The maximum atomic E-state index is 13.3. The molecule has 1 heterocycles. The summed E-state index contributed by atoms with van der Waals surface area (Å²) in [6, 6.07) is 11.3. The normalized spacial score (nSPS) is 26.1. The van der Waals surface area contributed by atoms with Gasteiger partial charge in [-0.05, 0) is 99.2 Å². The highest BCUT2D eigenvalue weighted by atomic mass is 35.5. The first-order valence-electron chi connectivity index (χ1n) is 15.2. The molecule has 1 spiro atoms. The Labute approximate surface area is 261 Å². The van der Waals surface area contributed by atoms with Gasteiger partial charge >= 0.3 is 0 Å². The minimum atomic E-state index is -3.86. The van der Waals surface area contributed by atoms with E-state index in [1.54, 1.807) is 37.3 Å². The molecule has 5 rings (SSSR count). The Morgan fingerprint density at radius 2 is 2.05 bits per heavy atom. The van der Waals surface area contributed by atoms with E-state index >= 15 is 0 Å². The first-order chi connectivity index (χ1) is 20.4. The van der Waals surface area contributed by atoms with E-state index in [0.29, 0.717) is 38.3 Å². The van der Waals surface area contributed by atoms with Crippen LogP contribution in [0.5, 0.6) is 5.75 Å². The number of carbonyl (C=O) groups excluding carboxylic acids is 1. The summed E-state index contributed by atoms with van der Waals surface area (Å²) in [7, 11) is -3.86. The second-order valence-corrected chi connectivity index (χ2v) is 15.4. The molecule has 3 aliphatic rings. The number of aliphatic hydroxyl groups is 1. The first-order valence-corrected chi connectivity index (χ1v) is 17.1. The molecule has 1 saturated carbocycles. The van der Waals surface area contributed by atoms with Crippen molar-refractivity contribution in [2.75, 3.05) is 24.6 Å². The molecule has 7 nitrogen and oxygen atoms in total. The quantitative estimate of drug-likeness (QED) is 0.305. The van der Waals surface area contributed by atoms with Crippen LogP contribution in [0.25, 0.3) is 0 Å². The molecule has 43 heavy (non-hydrogen) atoms. The summed E-state index contributed by atoms with van der Waals surface area (Å²) in [5.74, 6) is 0.183. The highest BCUT2D eigenvalue weighted by Gasteiger charge is 2.49. The highest BCUT2D eigenvalue weighted by molar-refractivity contribution is 7.90. The second kappa shape index (κ2) is 12.3. The molecule has 0 saturated heterocycles. The Bertz CT molecular complexity index is 1510. The lowest BCUT2D eigenvalue weighted by atomic mass is 9.58. The number of fused-ring (bicyclic) bond motifs is 3. The van der Waals surface area contributed by atoms with Crippen LogP contribution in [0.15, 0.2) is 61.7 Å². The first kappa shape index (κ1) is 31.6. The zero-order valence-electron chi connectivity index (χ0n) is 25.1.